The first-order chi connectivity index (χ1) is 9.50. The quantitative estimate of drug-likeness (QED) is 0.717. The first-order valence-electron chi connectivity index (χ1n) is 7.81. The van der Waals surface area contributed by atoms with E-state index in [2.05, 4.69) is 5.32 Å². The SMILES string of the molecule is NC1(CC(=O)NC(C(=O)O)C2CCCCC2)CCCC1. The van der Waals surface area contributed by atoms with Gasteiger partial charge in [0, 0.05) is 12.0 Å². The Balaban J connectivity index is 1.90. The van der Waals surface area contributed by atoms with Crippen LogP contribution in [0.15, 0.2) is 0 Å². The Morgan fingerprint density at radius 3 is 2.30 bits per heavy atom. The van der Waals surface area contributed by atoms with Crippen LogP contribution in [0.2, 0.25) is 0 Å². The van der Waals surface area contributed by atoms with Gasteiger partial charge in [0.1, 0.15) is 6.04 Å². The molecule has 0 aromatic carbocycles. The van der Waals surface area contributed by atoms with E-state index in [1.807, 2.05) is 0 Å². The Hall–Kier alpha value is -1.10. The van der Waals surface area contributed by atoms with Crippen molar-refractivity contribution in [2.45, 2.75) is 75.8 Å². The number of aliphatic carboxylic acids is 1. The molecule has 5 heteroatoms. The fourth-order valence-corrected chi connectivity index (χ4v) is 3.65. The van der Waals surface area contributed by atoms with Gasteiger partial charge in [0.05, 0.1) is 0 Å². The molecule has 0 radical (unpaired) electrons. The van der Waals surface area contributed by atoms with Gasteiger partial charge in [0.25, 0.3) is 0 Å². The molecule has 0 heterocycles. The maximum atomic E-state index is 12.1. The molecule has 1 unspecified atom stereocenters. The van der Waals surface area contributed by atoms with Crippen molar-refractivity contribution in [3.8, 4) is 0 Å². The number of carboxylic acid groups (broad SMARTS) is 1. The van der Waals surface area contributed by atoms with E-state index >= 15 is 0 Å². The number of carbonyl (C=O) groups excluding carboxylic acids is 1. The lowest BCUT2D eigenvalue weighted by Gasteiger charge is -2.29. The summed E-state index contributed by atoms with van der Waals surface area (Å²) in [7, 11) is 0. The van der Waals surface area contributed by atoms with Crippen molar-refractivity contribution < 1.29 is 14.7 Å². The summed E-state index contributed by atoms with van der Waals surface area (Å²) in [6, 6.07) is -0.743. The van der Waals surface area contributed by atoms with E-state index in [0.29, 0.717) is 0 Å². The molecule has 1 amide bonds. The van der Waals surface area contributed by atoms with Crippen molar-refractivity contribution in [2.24, 2.45) is 11.7 Å². The summed E-state index contributed by atoms with van der Waals surface area (Å²) in [5.41, 5.74) is 5.77. The maximum absolute atomic E-state index is 12.1. The molecule has 114 valence electrons. The van der Waals surface area contributed by atoms with Gasteiger partial charge in [-0.2, -0.15) is 0 Å². The summed E-state index contributed by atoms with van der Waals surface area (Å²) in [4.78, 5) is 23.5. The zero-order valence-corrected chi connectivity index (χ0v) is 12.1. The second-order valence-corrected chi connectivity index (χ2v) is 6.53. The van der Waals surface area contributed by atoms with Gasteiger partial charge in [0.2, 0.25) is 5.91 Å². The molecule has 0 aliphatic heterocycles. The first-order valence-corrected chi connectivity index (χ1v) is 7.81. The zero-order valence-electron chi connectivity index (χ0n) is 12.1. The fourth-order valence-electron chi connectivity index (χ4n) is 3.65. The highest BCUT2D eigenvalue weighted by molar-refractivity contribution is 5.84. The zero-order chi connectivity index (χ0) is 14.6. The molecule has 4 N–H and O–H groups in total. The minimum Gasteiger partial charge on any atom is -0.480 e. The van der Waals surface area contributed by atoms with Crippen molar-refractivity contribution in [3.63, 3.8) is 0 Å². The van der Waals surface area contributed by atoms with Gasteiger partial charge < -0.3 is 16.2 Å². The molecule has 0 aromatic rings. The van der Waals surface area contributed by atoms with Gasteiger partial charge in [-0.3, -0.25) is 4.79 Å². The molecule has 0 spiro atoms. The number of nitrogens with two attached hydrogens (primary N) is 1. The molecule has 2 fully saturated rings. The van der Waals surface area contributed by atoms with Crippen LogP contribution in [0.4, 0.5) is 0 Å². The van der Waals surface area contributed by atoms with Crippen LogP contribution in [0, 0.1) is 5.92 Å². The molecular formula is C15H26N2O3. The van der Waals surface area contributed by atoms with E-state index in [0.717, 1.165) is 51.4 Å². The van der Waals surface area contributed by atoms with Crippen LogP contribution >= 0.6 is 0 Å². The molecule has 2 saturated carbocycles. The summed E-state index contributed by atoms with van der Waals surface area (Å²) in [5.74, 6) is -1.04. The van der Waals surface area contributed by atoms with Crippen LogP contribution in [-0.2, 0) is 9.59 Å². The van der Waals surface area contributed by atoms with Crippen LogP contribution in [0.5, 0.6) is 0 Å². The summed E-state index contributed by atoms with van der Waals surface area (Å²) < 4.78 is 0. The van der Waals surface area contributed by atoms with Gasteiger partial charge in [0.15, 0.2) is 0 Å². The van der Waals surface area contributed by atoms with E-state index in [9.17, 15) is 14.7 Å². The van der Waals surface area contributed by atoms with Crippen LogP contribution in [0.3, 0.4) is 0 Å². The lowest BCUT2D eigenvalue weighted by molar-refractivity contribution is -0.144. The van der Waals surface area contributed by atoms with Crippen LogP contribution in [0.1, 0.15) is 64.2 Å². The van der Waals surface area contributed by atoms with Crippen LogP contribution < -0.4 is 11.1 Å². The monoisotopic (exact) mass is 282 g/mol. The van der Waals surface area contributed by atoms with Crippen molar-refractivity contribution in [1.82, 2.24) is 5.32 Å². The highest BCUT2D eigenvalue weighted by atomic mass is 16.4. The predicted molar refractivity (Wildman–Crippen MR) is 76.1 cm³/mol. The highest BCUT2D eigenvalue weighted by Gasteiger charge is 2.35. The Morgan fingerprint density at radius 1 is 1.15 bits per heavy atom. The Labute approximate surface area is 120 Å². The van der Waals surface area contributed by atoms with Crippen molar-refractivity contribution in [1.29, 1.82) is 0 Å². The predicted octanol–water partition coefficient (Wildman–Crippen LogP) is 1.80. The minimum absolute atomic E-state index is 0.0718. The lowest BCUT2D eigenvalue weighted by Crippen LogP contribution is -2.50. The normalized spacial score (nSPS) is 24.2. The summed E-state index contributed by atoms with van der Waals surface area (Å²) in [5, 5.41) is 12.1. The van der Waals surface area contributed by atoms with Crippen LogP contribution in [-0.4, -0.2) is 28.6 Å². The molecule has 20 heavy (non-hydrogen) atoms. The number of nitrogens with one attached hydrogen (secondary N) is 1. The van der Waals surface area contributed by atoms with Crippen LogP contribution in [0.25, 0.3) is 0 Å². The van der Waals surface area contributed by atoms with Crippen molar-refractivity contribution in [3.05, 3.63) is 0 Å². The molecule has 2 rings (SSSR count). The third kappa shape index (κ3) is 3.95. The molecule has 0 saturated heterocycles. The maximum Gasteiger partial charge on any atom is 0.326 e. The second kappa shape index (κ2) is 6.57. The summed E-state index contributed by atoms with van der Waals surface area (Å²) in [6.07, 6.45) is 9.19. The first kappa shape index (κ1) is 15.3. The molecule has 2 aliphatic carbocycles. The summed E-state index contributed by atoms with van der Waals surface area (Å²) >= 11 is 0. The Kier molecular flexibility index (Phi) is 5.02. The number of carboxylic acids is 1. The molecule has 0 bridgehead atoms. The molecule has 1 atom stereocenters. The van der Waals surface area contributed by atoms with E-state index in [1.54, 1.807) is 0 Å². The van der Waals surface area contributed by atoms with E-state index in [-0.39, 0.29) is 18.2 Å². The Morgan fingerprint density at radius 2 is 1.75 bits per heavy atom. The molecule has 2 aliphatic rings. The highest BCUT2D eigenvalue weighted by Crippen LogP contribution is 2.30. The van der Waals surface area contributed by atoms with E-state index in [1.165, 1.54) is 6.42 Å². The topological polar surface area (TPSA) is 92.4 Å². The van der Waals surface area contributed by atoms with Gasteiger partial charge in [-0.05, 0) is 31.6 Å². The minimum atomic E-state index is -0.914. The third-order valence-corrected chi connectivity index (χ3v) is 4.82. The molecular weight excluding hydrogens is 256 g/mol. The van der Waals surface area contributed by atoms with Gasteiger partial charge in [-0.15, -0.1) is 0 Å². The number of rotatable bonds is 5. The van der Waals surface area contributed by atoms with Crippen molar-refractivity contribution >= 4 is 11.9 Å². The van der Waals surface area contributed by atoms with Gasteiger partial charge in [-0.1, -0.05) is 32.1 Å². The average molecular weight is 282 g/mol. The standard InChI is InChI=1S/C15H26N2O3/c16-15(8-4-5-9-15)10-12(18)17-13(14(19)20)11-6-2-1-3-7-11/h11,13H,1-10,16H2,(H,17,18)(H,19,20). The third-order valence-electron chi connectivity index (χ3n) is 4.82. The van der Waals surface area contributed by atoms with Crippen molar-refractivity contribution in [2.75, 3.05) is 0 Å². The summed E-state index contributed by atoms with van der Waals surface area (Å²) in [6.45, 7) is 0. The fraction of sp³-hybridized carbons (Fsp3) is 0.867. The van der Waals surface area contributed by atoms with Gasteiger partial charge >= 0.3 is 5.97 Å². The van der Waals surface area contributed by atoms with E-state index < -0.39 is 17.6 Å². The number of hydrogen-bond donors (Lipinski definition) is 3. The average Bonchev–Trinajstić information content (AvgIpc) is 2.83. The van der Waals surface area contributed by atoms with Gasteiger partial charge in [-0.25, -0.2) is 4.79 Å². The second-order valence-electron chi connectivity index (χ2n) is 6.53. The molecule has 0 aromatic heterocycles. The number of hydrogen-bond acceptors (Lipinski definition) is 3. The lowest BCUT2D eigenvalue weighted by atomic mass is 9.83. The largest absolute Gasteiger partial charge is 0.480 e. The number of carbonyl (C=O) groups is 2. The smallest absolute Gasteiger partial charge is 0.326 e. The Bertz CT molecular complexity index is 358. The molecule has 5 nitrogen and oxygen atoms in total. The number of amides is 1. The van der Waals surface area contributed by atoms with E-state index in [4.69, 9.17) is 5.73 Å².